The van der Waals surface area contributed by atoms with Crippen LogP contribution in [0, 0.1) is 6.92 Å². The highest BCUT2D eigenvalue weighted by Gasteiger charge is 2.32. The van der Waals surface area contributed by atoms with Crippen molar-refractivity contribution in [2.45, 2.75) is 19.6 Å². The maximum Gasteiger partial charge on any atom is 0.416 e. The van der Waals surface area contributed by atoms with Crippen LogP contribution in [0.2, 0.25) is 0 Å². The number of hydrogen-bond donors (Lipinski definition) is 3. The molecule has 0 saturated heterocycles. The largest absolute Gasteiger partial charge is 0.416 e. The Morgan fingerprint density at radius 2 is 1.78 bits per heavy atom. The van der Waals surface area contributed by atoms with Gasteiger partial charge in [0.15, 0.2) is 5.82 Å². The van der Waals surface area contributed by atoms with Crippen molar-refractivity contribution in [1.82, 2.24) is 29.8 Å². The zero-order valence-electron chi connectivity index (χ0n) is 25.7. The number of fused-ring (bicyclic) bond motifs is 1. The lowest BCUT2D eigenvalue weighted by molar-refractivity contribution is -0.137. The van der Waals surface area contributed by atoms with Crippen molar-refractivity contribution < 1.29 is 18.0 Å². The van der Waals surface area contributed by atoms with Crippen molar-refractivity contribution in [3.63, 3.8) is 0 Å². The van der Waals surface area contributed by atoms with E-state index in [9.17, 15) is 18.0 Å². The molecule has 0 radical (unpaired) electrons. The van der Waals surface area contributed by atoms with E-state index in [4.69, 9.17) is 0 Å². The lowest BCUT2D eigenvalue weighted by Gasteiger charge is -2.23. The van der Waals surface area contributed by atoms with Crippen LogP contribution in [0.25, 0.3) is 11.0 Å². The van der Waals surface area contributed by atoms with Gasteiger partial charge in [-0.3, -0.25) is 9.78 Å². The van der Waals surface area contributed by atoms with E-state index in [0.717, 1.165) is 23.3 Å². The maximum atomic E-state index is 13.8. The SMILES string of the molecule is Cc1ccc(C(=O)Nc2cc(N(C)CCN(C)C)cc(C(F)(F)F)c2)cc1Nc1ncnc2cnc(NCc3cccnc3)nc12. The van der Waals surface area contributed by atoms with Crippen LogP contribution in [0.1, 0.15) is 27.0 Å². The lowest BCUT2D eigenvalue weighted by atomic mass is 10.1. The Balaban J connectivity index is 1.37. The van der Waals surface area contributed by atoms with Gasteiger partial charge < -0.3 is 25.8 Å². The van der Waals surface area contributed by atoms with Gasteiger partial charge >= 0.3 is 6.18 Å². The molecule has 5 aromatic rings. The van der Waals surface area contributed by atoms with Crippen LogP contribution in [0.3, 0.4) is 0 Å². The quantitative estimate of drug-likeness (QED) is 0.166. The minimum Gasteiger partial charge on any atom is -0.373 e. The summed E-state index contributed by atoms with van der Waals surface area (Å²) in [6.45, 7) is 3.46. The van der Waals surface area contributed by atoms with Crippen molar-refractivity contribution in [3.8, 4) is 0 Å². The third kappa shape index (κ3) is 8.01. The highest BCUT2D eigenvalue weighted by atomic mass is 19.4. The number of carbonyl (C=O) groups excluding carboxylic acids is 1. The molecule has 0 fully saturated rings. The Bertz CT molecular complexity index is 1830. The first-order valence-corrected chi connectivity index (χ1v) is 14.3. The summed E-state index contributed by atoms with van der Waals surface area (Å²) in [6.07, 6.45) is 1.81. The molecule has 46 heavy (non-hydrogen) atoms. The molecule has 238 valence electrons. The summed E-state index contributed by atoms with van der Waals surface area (Å²) in [5, 5.41) is 9.04. The summed E-state index contributed by atoms with van der Waals surface area (Å²) in [7, 11) is 5.48. The number of benzene rings is 2. The number of pyridine rings is 1. The number of nitrogens with zero attached hydrogens (tertiary/aromatic N) is 7. The summed E-state index contributed by atoms with van der Waals surface area (Å²) in [4.78, 5) is 38.6. The summed E-state index contributed by atoms with van der Waals surface area (Å²) < 4.78 is 41.3. The van der Waals surface area contributed by atoms with Crippen LogP contribution < -0.4 is 20.9 Å². The second kappa shape index (κ2) is 13.7. The molecule has 0 saturated carbocycles. The molecule has 11 nitrogen and oxygen atoms in total. The van der Waals surface area contributed by atoms with Crippen molar-refractivity contribution >= 4 is 45.8 Å². The zero-order chi connectivity index (χ0) is 32.8. The third-order valence-corrected chi connectivity index (χ3v) is 7.13. The van der Waals surface area contributed by atoms with Gasteiger partial charge in [-0.2, -0.15) is 13.2 Å². The smallest absolute Gasteiger partial charge is 0.373 e. The minimum absolute atomic E-state index is 0.0337. The fourth-order valence-corrected chi connectivity index (χ4v) is 4.49. The molecule has 2 aromatic carbocycles. The lowest BCUT2D eigenvalue weighted by Crippen LogP contribution is -2.28. The van der Waals surface area contributed by atoms with E-state index >= 15 is 0 Å². The van der Waals surface area contributed by atoms with E-state index in [-0.39, 0.29) is 11.3 Å². The van der Waals surface area contributed by atoms with Crippen LogP contribution in [-0.4, -0.2) is 70.0 Å². The second-order valence-electron chi connectivity index (χ2n) is 11.0. The van der Waals surface area contributed by atoms with Gasteiger partial charge in [0, 0.05) is 61.7 Å². The molecule has 0 unspecified atom stereocenters. The molecule has 0 aliphatic heterocycles. The van der Waals surface area contributed by atoms with Gasteiger partial charge in [0.25, 0.3) is 5.91 Å². The first-order chi connectivity index (χ1) is 22.0. The number of nitrogens with one attached hydrogen (secondary N) is 3. The van der Waals surface area contributed by atoms with E-state index in [0.29, 0.717) is 53.8 Å². The number of halogens is 3. The number of amides is 1. The molecule has 0 aliphatic carbocycles. The number of carbonyl (C=O) groups is 1. The number of likely N-dealkylation sites (N-methyl/N-ethyl adjacent to an activating group) is 2. The van der Waals surface area contributed by atoms with Crippen molar-refractivity contribution in [2.24, 2.45) is 0 Å². The van der Waals surface area contributed by atoms with Gasteiger partial charge in [-0.25, -0.2) is 19.9 Å². The monoisotopic (exact) mass is 630 g/mol. The molecule has 1 amide bonds. The standard InChI is InChI=1S/C32H33F3N10O/c1-20-7-8-22(30(46)41-24-13-23(32(33,34)35)14-25(15-24)45(4)11-10-44(2)3)12-26(20)42-29-28-27(39-19-40-29)18-38-31(43-28)37-17-21-6-5-9-36-16-21/h5-9,12-16,18-19H,10-11,17H2,1-4H3,(H,41,46)(H,37,38,43)(H,39,40,42). The molecular weight excluding hydrogens is 597 g/mol. The molecule has 3 N–H and O–H groups in total. The zero-order valence-corrected chi connectivity index (χ0v) is 25.7. The number of aryl methyl sites for hydroxylation is 1. The number of anilines is 5. The molecule has 0 bridgehead atoms. The van der Waals surface area contributed by atoms with Crippen molar-refractivity contribution in [3.05, 3.63) is 95.7 Å². The fourth-order valence-electron chi connectivity index (χ4n) is 4.49. The van der Waals surface area contributed by atoms with E-state index in [2.05, 4.69) is 40.9 Å². The van der Waals surface area contributed by atoms with Gasteiger partial charge in [-0.1, -0.05) is 12.1 Å². The van der Waals surface area contributed by atoms with Gasteiger partial charge in [-0.05, 0) is 68.5 Å². The minimum atomic E-state index is -4.59. The average Bonchev–Trinajstić information content (AvgIpc) is 3.03. The van der Waals surface area contributed by atoms with Gasteiger partial charge in [0.05, 0.1) is 11.8 Å². The normalized spacial score (nSPS) is 11.5. The van der Waals surface area contributed by atoms with Crippen molar-refractivity contribution in [1.29, 1.82) is 0 Å². The maximum absolute atomic E-state index is 13.8. The predicted molar refractivity (Wildman–Crippen MR) is 172 cm³/mol. The molecule has 0 aliphatic rings. The van der Waals surface area contributed by atoms with Crippen LogP contribution in [0.5, 0.6) is 0 Å². The fraction of sp³-hybridized carbons (Fsp3) is 0.250. The van der Waals surface area contributed by atoms with Crippen LogP contribution in [-0.2, 0) is 12.7 Å². The molecular formula is C32H33F3N10O. The molecule has 3 heterocycles. The average molecular weight is 631 g/mol. The molecule has 0 atom stereocenters. The van der Waals surface area contributed by atoms with E-state index in [1.54, 1.807) is 48.7 Å². The Hall–Kier alpha value is -5.37. The number of alkyl halides is 3. The van der Waals surface area contributed by atoms with Gasteiger partial charge in [-0.15, -0.1) is 0 Å². The summed E-state index contributed by atoms with van der Waals surface area (Å²) in [6, 6.07) is 12.3. The van der Waals surface area contributed by atoms with E-state index in [1.165, 1.54) is 12.4 Å². The van der Waals surface area contributed by atoms with E-state index < -0.39 is 17.6 Å². The van der Waals surface area contributed by atoms with Crippen LogP contribution >= 0.6 is 0 Å². The number of rotatable bonds is 11. The Morgan fingerprint density at radius 3 is 2.52 bits per heavy atom. The Labute approximate surface area is 263 Å². The Kier molecular flexibility index (Phi) is 9.56. The predicted octanol–water partition coefficient (Wildman–Crippen LogP) is 5.75. The van der Waals surface area contributed by atoms with Gasteiger partial charge in [0.2, 0.25) is 5.95 Å². The second-order valence-corrected chi connectivity index (χ2v) is 11.0. The number of aromatic nitrogens is 5. The number of hydrogen-bond acceptors (Lipinski definition) is 10. The highest BCUT2D eigenvalue weighted by Crippen LogP contribution is 2.35. The molecule has 3 aromatic heterocycles. The summed E-state index contributed by atoms with van der Waals surface area (Å²) in [5.41, 5.74) is 3.03. The first-order valence-electron chi connectivity index (χ1n) is 14.3. The molecule has 5 rings (SSSR count). The van der Waals surface area contributed by atoms with Crippen LogP contribution in [0.15, 0.2) is 73.4 Å². The first kappa shape index (κ1) is 32.0. The molecule has 0 spiro atoms. The highest BCUT2D eigenvalue weighted by molar-refractivity contribution is 6.05. The third-order valence-electron chi connectivity index (χ3n) is 7.13. The van der Waals surface area contributed by atoms with Gasteiger partial charge in [0.1, 0.15) is 17.4 Å². The van der Waals surface area contributed by atoms with Crippen LogP contribution in [0.4, 0.5) is 42.0 Å². The molecule has 14 heteroatoms. The summed E-state index contributed by atoms with van der Waals surface area (Å²) >= 11 is 0. The van der Waals surface area contributed by atoms with E-state index in [1.807, 2.05) is 38.1 Å². The Morgan fingerprint density at radius 1 is 0.957 bits per heavy atom. The topological polar surface area (TPSA) is 124 Å². The van der Waals surface area contributed by atoms with Crippen molar-refractivity contribution in [2.75, 3.05) is 55.1 Å². The summed E-state index contributed by atoms with van der Waals surface area (Å²) in [5.74, 6) is 0.189.